The maximum Gasteiger partial charge on any atom is 0.147 e. The van der Waals surface area contributed by atoms with Gasteiger partial charge in [0.2, 0.25) is 0 Å². The van der Waals surface area contributed by atoms with Crippen molar-refractivity contribution < 1.29 is 0 Å². The molecule has 0 aliphatic rings. The molecule has 3 N–H and O–H groups in total. The van der Waals surface area contributed by atoms with E-state index < -0.39 is 7.07 Å². The minimum Gasteiger partial charge on any atom is -0.446 e. The Balaban J connectivity index is 2.80. The smallest absolute Gasteiger partial charge is 0.147 e. The Labute approximate surface area is 30.9 Å². The van der Waals surface area contributed by atoms with Gasteiger partial charge in [-0.25, -0.2) is 0 Å². The zero-order valence-electron chi connectivity index (χ0n) is 1.93. The molecule has 0 aromatic rings. The average Bonchev–Trinajstić information content (AvgIpc) is 0.811. The van der Waals surface area contributed by atoms with E-state index in [0.717, 1.165) is 0 Å². The van der Waals surface area contributed by atoms with Crippen molar-refractivity contribution in [3.05, 3.63) is 0 Å². The lowest BCUT2D eigenvalue weighted by molar-refractivity contribution is 1.62. The third-order valence-corrected chi connectivity index (χ3v) is 0. The predicted molar refractivity (Wildman–Crippen MR) is 21.2 cm³/mol. The summed E-state index contributed by atoms with van der Waals surface area (Å²) in [6, 6.07) is 0. The third kappa shape index (κ3) is 28.5. The van der Waals surface area contributed by atoms with Crippen LogP contribution in [0, 0.1) is 5.16 Å². The summed E-state index contributed by atoms with van der Waals surface area (Å²) in [5.41, 5.74) is 4.66. The Hall–Kier alpha value is 0.410. The molecule has 1 atom stereocenters. The number of rotatable bonds is 0. The molecule has 0 amide bonds. The Morgan fingerprint density at radius 3 is 2.00 bits per heavy atom. The molecule has 0 fully saturated rings. The largest absolute Gasteiger partial charge is 0.446 e. The highest BCUT2D eigenvalue weighted by Crippen LogP contribution is 1.97. The zero-order chi connectivity index (χ0) is 3.58. The lowest BCUT2D eigenvalue weighted by atomic mass is 13.9. The fourth-order valence-corrected chi connectivity index (χ4v) is 0. The summed E-state index contributed by atoms with van der Waals surface area (Å²) >= 11 is 4.13. The topological polar surface area (TPSA) is 49.9 Å². The van der Waals surface area contributed by atoms with E-state index in [1.54, 1.807) is 0 Å². The number of hydrogen-bond acceptors (Lipinski definition) is 2. The second kappa shape index (κ2) is 1.70. The summed E-state index contributed by atoms with van der Waals surface area (Å²) < 4.78 is 0. The van der Waals surface area contributed by atoms with E-state index in [0.29, 0.717) is 0 Å². The average molecular weight is 94.1 g/mol. The van der Waals surface area contributed by atoms with Crippen molar-refractivity contribution in [2.45, 2.75) is 0 Å². The van der Waals surface area contributed by atoms with Gasteiger partial charge >= 0.3 is 0 Å². The molecule has 2 nitrogen and oxygen atoms in total. The van der Waals surface area contributed by atoms with Gasteiger partial charge in [-0.15, -0.1) is 5.16 Å². The van der Waals surface area contributed by atoms with Gasteiger partial charge in [-0.1, -0.05) is 0 Å². The summed E-state index contributed by atoms with van der Waals surface area (Å²) in [5.74, 6) is 0. The number of hydrogen-bond donors (Lipinski definition) is 2. The normalized spacial score (nSPS) is 11.0. The molecule has 0 aliphatic heterocycles. The Kier molecular flexibility index (Phi) is 1.88. The van der Waals surface area contributed by atoms with Crippen LogP contribution in [0.4, 0.5) is 0 Å². The molecule has 0 spiro atoms. The van der Waals surface area contributed by atoms with Gasteiger partial charge in [0, 0.05) is 0 Å². The fraction of sp³-hybridized carbons (Fsp3) is 0. The van der Waals surface area contributed by atoms with E-state index in [9.17, 15) is 0 Å². The summed E-state index contributed by atoms with van der Waals surface area (Å²) in [4.78, 5) is 0. The van der Waals surface area contributed by atoms with Gasteiger partial charge in [0.15, 0.2) is 0 Å². The number of nitrogens with one attached hydrogen (secondary N) is 1. The van der Waals surface area contributed by atoms with Crippen molar-refractivity contribution in [3.63, 3.8) is 0 Å². The van der Waals surface area contributed by atoms with Gasteiger partial charge in [0.1, 0.15) is 7.07 Å². The summed E-state index contributed by atoms with van der Waals surface area (Å²) in [5, 5.41) is 6.24. The van der Waals surface area contributed by atoms with Crippen LogP contribution >= 0.6 is 7.07 Å². The molecule has 0 bridgehead atoms. The molecule has 0 radical (unpaired) electrons. The van der Waals surface area contributed by atoms with Crippen LogP contribution in [0.1, 0.15) is 0 Å². The van der Waals surface area contributed by atoms with Crippen LogP contribution in [0.2, 0.25) is 0 Å². The first kappa shape index (κ1) is 4.41. The first-order valence-electron chi connectivity index (χ1n) is 0.664. The SMILES string of the molecule is N=[P+](N)[S-]. The molecule has 0 saturated carbocycles. The molecule has 1 unspecified atom stereocenters. The van der Waals surface area contributed by atoms with E-state index in [4.69, 9.17) is 5.16 Å². The van der Waals surface area contributed by atoms with E-state index in [1.807, 2.05) is 0 Å². The van der Waals surface area contributed by atoms with Crippen molar-refractivity contribution in [1.29, 1.82) is 5.16 Å². The molecule has 4 heteroatoms. The maximum absolute atomic E-state index is 6.24. The minimum absolute atomic E-state index is 1.29. The molecule has 4 heavy (non-hydrogen) atoms. The highest BCUT2D eigenvalue weighted by atomic mass is 32.7. The van der Waals surface area contributed by atoms with Crippen molar-refractivity contribution in [3.8, 4) is 0 Å². The van der Waals surface area contributed by atoms with Crippen LogP contribution < -0.4 is 5.50 Å². The van der Waals surface area contributed by atoms with Crippen molar-refractivity contribution in [2.75, 3.05) is 0 Å². The van der Waals surface area contributed by atoms with Gasteiger partial charge in [0.05, 0.1) is 0 Å². The van der Waals surface area contributed by atoms with Crippen LogP contribution in [0.25, 0.3) is 0 Å². The maximum atomic E-state index is 6.24. The van der Waals surface area contributed by atoms with Crippen LogP contribution in [0.15, 0.2) is 0 Å². The number of nitrogens with two attached hydrogens (primary N) is 1. The van der Waals surface area contributed by atoms with Gasteiger partial charge in [0.25, 0.3) is 0 Å². The quantitative estimate of drug-likeness (QED) is 0.340. The second-order valence-electron chi connectivity index (χ2n) is 0.326. The van der Waals surface area contributed by atoms with Crippen LogP contribution in [0.3, 0.4) is 0 Å². The van der Waals surface area contributed by atoms with E-state index >= 15 is 0 Å². The Morgan fingerprint density at radius 2 is 2.00 bits per heavy atom. The lowest BCUT2D eigenvalue weighted by Gasteiger charge is -1.66. The highest BCUT2D eigenvalue weighted by Gasteiger charge is 1.54. The first-order valence-corrected chi connectivity index (χ1v) is 3.09. The Bertz CT molecular complexity index is 29.0. The van der Waals surface area contributed by atoms with Gasteiger partial charge in [-0.05, 0) is 0 Å². The summed E-state index contributed by atoms with van der Waals surface area (Å²) in [6.45, 7) is 0. The lowest BCUT2D eigenvalue weighted by Crippen LogP contribution is -1.64. The highest BCUT2D eigenvalue weighted by molar-refractivity contribution is 8.27. The minimum atomic E-state index is -1.29. The van der Waals surface area contributed by atoms with Gasteiger partial charge < -0.3 is 12.2 Å². The van der Waals surface area contributed by atoms with Crippen LogP contribution in [-0.2, 0) is 12.2 Å². The monoisotopic (exact) mass is 94.0 g/mol. The van der Waals surface area contributed by atoms with Crippen molar-refractivity contribution in [1.82, 2.24) is 0 Å². The Morgan fingerprint density at radius 1 is 2.00 bits per heavy atom. The van der Waals surface area contributed by atoms with Crippen LogP contribution in [0.5, 0.6) is 0 Å². The molecule has 0 saturated heterocycles. The predicted octanol–water partition coefficient (Wildman–Crippen LogP) is 0.566. The van der Waals surface area contributed by atoms with E-state index in [-0.39, 0.29) is 0 Å². The molecule has 0 rings (SSSR count). The molecule has 0 aromatic carbocycles. The standard InChI is InChI=1S/H3N2PS/c1-3(2)4/h(H3,1,2). The zero-order valence-corrected chi connectivity index (χ0v) is 3.64. The molecular formula is H3N2PS. The van der Waals surface area contributed by atoms with Crippen molar-refractivity contribution >= 4 is 19.3 Å². The second-order valence-corrected chi connectivity index (χ2v) is 2.16. The molecule has 0 heterocycles. The van der Waals surface area contributed by atoms with E-state index in [2.05, 4.69) is 17.8 Å². The fourth-order valence-electron chi connectivity index (χ4n) is 0. The van der Waals surface area contributed by atoms with Crippen molar-refractivity contribution in [2.24, 2.45) is 5.50 Å². The molecule has 0 aromatic heterocycles. The third-order valence-electron chi connectivity index (χ3n) is 0. The summed E-state index contributed by atoms with van der Waals surface area (Å²) in [7, 11) is -1.29. The molecule has 0 aliphatic carbocycles. The van der Waals surface area contributed by atoms with Gasteiger partial charge in [-0.3, -0.25) is 0 Å². The molecular weight excluding hydrogens is 91.1 g/mol. The summed E-state index contributed by atoms with van der Waals surface area (Å²) in [6.07, 6.45) is 0. The first-order chi connectivity index (χ1) is 1.73. The molecule has 24 valence electrons. The van der Waals surface area contributed by atoms with E-state index in [1.165, 1.54) is 0 Å². The van der Waals surface area contributed by atoms with Gasteiger partial charge in [-0.2, -0.15) is 5.50 Å². The van der Waals surface area contributed by atoms with Crippen LogP contribution in [-0.4, -0.2) is 0 Å².